The van der Waals surface area contributed by atoms with E-state index in [4.69, 9.17) is 5.73 Å². The molecule has 1 N–H and O–H groups in total. The second-order valence-corrected chi connectivity index (χ2v) is 0.447. The second kappa shape index (κ2) is 70.4. The first-order valence-electron chi connectivity index (χ1n) is 1.39. The Kier molecular flexibility index (Phi) is 292. The van der Waals surface area contributed by atoms with Crippen LogP contribution in [0.3, 0.4) is 0 Å². The Balaban J connectivity index is -0.00000000567. The van der Waals surface area contributed by atoms with Crippen molar-refractivity contribution in [2.75, 3.05) is 21.1 Å². The maximum absolute atomic E-state index is 5.75. The van der Waals surface area contributed by atoms with Gasteiger partial charge in [0.1, 0.15) is 0 Å². The Hall–Kier alpha value is 1.71. The summed E-state index contributed by atoms with van der Waals surface area (Å²) in [6.45, 7) is 0. The first-order chi connectivity index (χ1) is 2.41. The molecule has 0 rings (SSSR count). The molecule has 49 valence electrons. The van der Waals surface area contributed by atoms with Crippen LogP contribution in [0.5, 0.6) is 0 Å². The third-order valence-electron chi connectivity index (χ3n) is 0. The van der Waals surface area contributed by atoms with Crippen LogP contribution in [0.15, 0.2) is 0 Å². The minimum atomic E-state index is 0. The summed E-state index contributed by atoms with van der Waals surface area (Å²) in [4.78, 5) is 0. The molecule has 0 fully saturated rings. The standard InChI is InChI=1S/C2H6N.CH4N.CH3.W.Y/c1-3-2;1-2;;;/h1-2H3;2H,1H3;1H3;;/q3*-1;+2;. The number of hydrogen-bond acceptors (Lipinski definition) is 0. The fraction of sp³-hybridized carbons (Fsp3) is 0.750. The van der Waals surface area contributed by atoms with E-state index in [1.165, 1.54) is 7.05 Å². The first kappa shape index (κ1) is 33.2. The second-order valence-electron chi connectivity index (χ2n) is 0.447. The van der Waals surface area contributed by atoms with Crippen LogP contribution in [0.1, 0.15) is 0 Å². The molecule has 4 heteroatoms. The Labute approximate surface area is 92.5 Å². The molecule has 0 aliphatic heterocycles. The number of rotatable bonds is 0. The van der Waals surface area contributed by atoms with Crippen LogP contribution < -0.4 is 0 Å². The van der Waals surface area contributed by atoms with Crippen molar-refractivity contribution < 1.29 is 53.8 Å². The van der Waals surface area contributed by atoms with Gasteiger partial charge in [0.25, 0.3) is 0 Å². The van der Waals surface area contributed by atoms with Crippen LogP contribution in [0.25, 0.3) is 11.1 Å². The molecular formula is C4H13N2WY-. The van der Waals surface area contributed by atoms with Gasteiger partial charge in [-0.25, -0.2) is 0 Å². The van der Waals surface area contributed by atoms with E-state index in [2.05, 4.69) is 5.32 Å². The van der Waals surface area contributed by atoms with Crippen molar-refractivity contribution in [1.29, 1.82) is 0 Å². The van der Waals surface area contributed by atoms with Gasteiger partial charge in [-0.3, -0.25) is 0 Å². The predicted molar refractivity (Wildman–Crippen MR) is 31.9 cm³/mol. The fourth-order valence-corrected chi connectivity index (χ4v) is 0. The molecule has 0 saturated heterocycles. The van der Waals surface area contributed by atoms with Crippen molar-refractivity contribution in [2.45, 2.75) is 0 Å². The normalized spacial score (nSPS) is 3.00. The molecule has 0 unspecified atom stereocenters. The van der Waals surface area contributed by atoms with E-state index < -0.39 is 0 Å². The van der Waals surface area contributed by atoms with Gasteiger partial charge in [-0.1, -0.05) is 0 Å². The van der Waals surface area contributed by atoms with Crippen molar-refractivity contribution in [3.63, 3.8) is 0 Å². The molecular weight excluding hydrogens is 349 g/mol. The Morgan fingerprint density at radius 3 is 1.12 bits per heavy atom. The summed E-state index contributed by atoms with van der Waals surface area (Å²) < 4.78 is 0. The molecule has 0 aromatic heterocycles. The zero-order valence-corrected chi connectivity index (χ0v) is 11.7. The molecule has 0 aliphatic rings. The van der Waals surface area contributed by atoms with Gasteiger partial charge in [-0.15, -0.1) is 0 Å². The zero-order valence-electron chi connectivity index (χ0n) is 5.93. The van der Waals surface area contributed by atoms with Gasteiger partial charge in [-0.05, 0) is 0 Å². The van der Waals surface area contributed by atoms with E-state index in [-0.39, 0.29) is 61.2 Å². The van der Waals surface area contributed by atoms with Crippen molar-refractivity contribution >= 4 is 0 Å². The van der Waals surface area contributed by atoms with E-state index in [1.54, 1.807) is 14.1 Å². The molecule has 0 saturated carbocycles. The monoisotopic (exact) mass is 362 g/mol. The minimum absolute atomic E-state index is 0. The van der Waals surface area contributed by atoms with Crippen LogP contribution in [0, 0.1) is 7.43 Å². The van der Waals surface area contributed by atoms with Crippen molar-refractivity contribution in [3.05, 3.63) is 18.5 Å². The average molecular weight is 362 g/mol. The number of hydrogen-bond donors (Lipinski definition) is 0. The molecule has 0 atom stereocenters. The summed E-state index contributed by atoms with van der Waals surface area (Å²) in [5, 5.41) is 3.50. The Morgan fingerprint density at radius 1 is 1.12 bits per heavy atom. The molecule has 0 aliphatic carbocycles. The Bertz CT molecular complexity index is 14.0. The van der Waals surface area contributed by atoms with Crippen LogP contribution in [-0.4, -0.2) is 21.1 Å². The minimum Gasteiger partial charge on any atom is -0.680 e. The van der Waals surface area contributed by atoms with Crippen LogP contribution in [-0.2, 0) is 53.8 Å². The smallest absolute Gasteiger partial charge is 0.680 e. The third-order valence-corrected chi connectivity index (χ3v) is 0. The van der Waals surface area contributed by atoms with Crippen LogP contribution in [0.4, 0.5) is 0 Å². The van der Waals surface area contributed by atoms with Gasteiger partial charge in [0.05, 0.1) is 0 Å². The Morgan fingerprint density at radius 2 is 1.12 bits per heavy atom. The molecule has 2 nitrogen and oxygen atoms in total. The SMILES string of the molecule is C[N-]C.C[NH-].[CH3-].[W+2].[Y]. The molecule has 1 radical (unpaired) electrons. The van der Waals surface area contributed by atoms with Gasteiger partial charge >= 0.3 is 21.1 Å². The molecule has 0 aromatic rings. The van der Waals surface area contributed by atoms with Gasteiger partial charge in [0, 0.05) is 32.7 Å². The van der Waals surface area contributed by atoms with E-state index in [1.807, 2.05) is 0 Å². The van der Waals surface area contributed by atoms with Gasteiger partial charge in [0.2, 0.25) is 0 Å². The summed E-state index contributed by atoms with van der Waals surface area (Å²) in [5.74, 6) is 0. The van der Waals surface area contributed by atoms with E-state index >= 15 is 0 Å². The fourth-order valence-electron chi connectivity index (χ4n) is 0. The summed E-state index contributed by atoms with van der Waals surface area (Å²) in [6, 6.07) is 0. The quantitative estimate of drug-likeness (QED) is 0.589. The van der Waals surface area contributed by atoms with Gasteiger partial charge in [0.15, 0.2) is 0 Å². The van der Waals surface area contributed by atoms with Gasteiger partial charge < -0.3 is 18.5 Å². The van der Waals surface area contributed by atoms with Crippen molar-refractivity contribution in [3.8, 4) is 0 Å². The maximum Gasteiger partial charge on any atom is 2.00 e. The van der Waals surface area contributed by atoms with Crippen LogP contribution in [0.2, 0.25) is 0 Å². The molecule has 0 bridgehead atoms. The molecule has 0 amide bonds. The average Bonchev–Trinajstić information content (AvgIpc) is 1.46. The van der Waals surface area contributed by atoms with Crippen molar-refractivity contribution in [2.24, 2.45) is 0 Å². The number of nitrogens with one attached hydrogen (secondary N) is 1. The molecule has 0 aromatic carbocycles. The first-order valence-corrected chi connectivity index (χ1v) is 1.39. The largest absolute Gasteiger partial charge is 2.00 e. The summed E-state index contributed by atoms with van der Waals surface area (Å²) in [6.07, 6.45) is 0. The van der Waals surface area contributed by atoms with E-state index in [0.29, 0.717) is 0 Å². The molecule has 8 heavy (non-hydrogen) atoms. The van der Waals surface area contributed by atoms with E-state index in [9.17, 15) is 0 Å². The maximum atomic E-state index is 5.75. The number of nitrogens with zero attached hydrogens (tertiary/aromatic N) is 1. The predicted octanol–water partition coefficient (Wildman–Crippen LogP) is 1.73. The molecule has 0 spiro atoms. The topological polar surface area (TPSA) is 37.9 Å². The van der Waals surface area contributed by atoms with Gasteiger partial charge in [-0.2, -0.15) is 21.1 Å². The third kappa shape index (κ3) is 119. The van der Waals surface area contributed by atoms with E-state index in [0.717, 1.165) is 0 Å². The summed E-state index contributed by atoms with van der Waals surface area (Å²) >= 11 is 0. The molecule has 0 heterocycles. The summed E-state index contributed by atoms with van der Waals surface area (Å²) in [7, 11) is 4.75. The van der Waals surface area contributed by atoms with Crippen LogP contribution >= 0.6 is 0 Å². The van der Waals surface area contributed by atoms with Crippen molar-refractivity contribution in [1.82, 2.24) is 0 Å². The summed E-state index contributed by atoms with van der Waals surface area (Å²) in [5.41, 5.74) is 5.75. The zero-order chi connectivity index (χ0) is 4.71.